The van der Waals surface area contributed by atoms with E-state index in [1.807, 2.05) is 6.92 Å². The molecule has 0 unspecified atom stereocenters. The van der Waals surface area contributed by atoms with Crippen LogP contribution in [0.5, 0.6) is 0 Å². The molecular weight excluding hydrogens is 807 g/mol. The molecule has 4 aromatic rings. The zero-order chi connectivity index (χ0) is 42.4. The standard InChI is InChI=1S/C40H56F2N8O9S/c1-2-58-31-8-6-30(7-9-31)50-26-33(38(48-50)37-32(41)10-11-35(42)47-37)45-39(52)34-27-60-40(46-34)29-24-44-49(25-29)28-59-36(51)12-16-55-19-21-57-23-22-56-20-18-54-15-5-3-4-14-53-17-13-43/h10-11,24-27,30-31H,2-9,12-23,28,43H2,1H3,(H,45,52). The van der Waals surface area contributed by atoms with Gasteiger partial charge in [0, 0.05) is 49.7 Å². The highest BCUT2D eigenvalue weighted by Gasteiger charge is 2.27. The number of carbonyl (C=O) groups excluding carboxylic acids is 2. The number of nitrogens with zero attached hydrogens (tertiary/aromatic N) is 6. The van der Waals surface area contributed by atoms with Crippen molar-refractivity contribution in [1.82, 2.24) is 29.5 Å². The predicted octanol–water partition coefficient (Wildman–Crippen LogP) is 5.42. The lowest BCUT2D eigenvalue weighted by Crippen LogP contribution is -2.24. The van der Waals surface area contributed by atoms with Crippen LogP contribution in [0.15, 0.2) is 36.1 Å². The summed E-state index contributed by atoms with van der Waals surface area (Å²) in [6.07, 6.45) is 11.3. The van der Waals surface area contributed by atoms with Crippen molar-refractivity contribution in [3.63, 3.8) is 0 Å². The molecule has 60 heavy (non-hydrogen) atoms. The Labute approximate surface area is 352 Å². The second-order valence-corrected chi connectivity index (χ2v) is 14.6. The molecule has 1 fully saturated rings. The van der Waals surface area contributed by atoms with Gasteiger partial charge in [0.05, 0.1) is 83.3 Å². The largest absolute Gasteiger partial charge is 0.442 e. The number of hydrogen-bond donors (Lipinski definition) is 2. The molecule has 1 amide bonds. The number of aromatic nitrogens is 6. The summed E-state index contributed by atoms with van der Waals surface area (Å²) >= 11 is 1.21. The summed E-state index contributed by atoms with van der Waals surface area (Å²) in [5.74, 6) is -2.67. The Morgan fingerprint density at radius 1 is 0.850 bits per heavy atom. The van der Waals surface area contributed by atoms with Crippen molar-refractivity contribution in [2.45, 2.75) is 77.2 Å². The van der Waals surface area contributed by atoms with Gasteiger partial charge in [0.1, 0.15) is 22.1 Å². The molecule has 17 nitrogen and oxygen atoms in total. The average Bonchev–Trinajstić information content (AvgIpc) is 4.03. The average molecular weight is 863 g/mol. The van der Waals surface area contributed by atoms with Crippen molar-refractivity contribution >= 4 is 28.9 Å². The lowest BCUT2D eigenvalue weighted by atomic mass is 9.93. The maximum absolute atomic E-state index is 14.9. The Hall–Kier alpha value is -4.28. The molecule has 0 radical (unpaired) electrons. The van der Waals surface area contributed by atoms with Crippen LogP contribution in [-0.2, 0) is 44.7 Å². The topological polar surface area (TPSA) is 198 Å². The van der Waals surface area contributed by atoms with E-state index < -0.39 is 23.6 Å². The summed E-state index contributed by atoms with van der Waals surface area (Å²) in [7, 11) is 0. The molecule has 330 valence electrons. The van der Waals surface area contributed by atoms with E-state index in [1.165, 1.54) is 16.0 Å². The van der Waals surface area contributed by atoms with E-state index in [4.69, 9.17) is 38.9 Å². The third-order valence-corrected chi connectivity index (χ3v) is 10.2. The van der Waals surface area contributed by atoms with Gasteiger partial charge in [-0.15, -0.1) is 11.3 Å². The molecule has 0 bridgehead atoms. The fraction of sp³-hybridized carbons (Fsp3) is 0.600. The van der Waals surface area contributed by atoms with E-state index in [1.54, 1.807) is 28.7 Å². The quantitative estimate of drug-likeness (QED) is 0.0399. The molecule has 0 aromatic carbocycles. The van der Waals surface area contributed by atoms with Crippen LogP contribution in [0.2, 0.25) is 0 Å². The minimum absolute atomic E-state index is 0.0116. The normalized spacial score (nSPS) is 15.4. The van der Waals surface area contributed by atoms with Crippen molar-refractivity contribution in [3.8, 4) is 22.0 Å². The van der Waals surface area contributed by atoms with Gasteiger partial charge in [-0.05, 0) is 64.0 Å². The number of thiazole rings is 1. The number of ether oxygens (including phenoxy) is 7. The summed E-state index contributed by atoms with van der Waals surface area (Å²) in [6, 6.07) is 1.88. The van der Waals surface area contributed by atoms with Crippen LogP contribution < -0.4 is 11.1 Å². The van der Waals surface area contributed by atoms with E-state index >= 15 is 0 Å². The maximum Gasteiger partial charge on any atom is 0.309 e. The summed E-state index contributed by atoms with van der Waals surface area (Å²) in [6.45, 7) is 7.87. The number of carbonyl (C=O) groups is 2. The van der Waals surface area contributed by atoms with Gasteiger partial charge in [-0.25, -0.2) is 19.0 Å². The molecule has 5 rings (SSSR count). The van der Waals surface area contributed by atoms with Gasteiger partial charge in [-0.1, -0.05) is 0 Å². The van der Waals surface area contributed by atoms with E-state index in [-0.39, 0.29) is 54.7 Å². The van der Waals surface area contributed by atoms with Gasteiger partial charge >= 0.3 is 5.97 Å². The lowest BCUT2D eigenvalue weighted by Gasteiger charge is -2.28. The molecule has 1 aliphatic carbocycles. The number of rotatable bonds is 29. The predicted molar refractivity (Wildman–Crippen MR) is 217 cm³/mol. The van der Waals surface area contributed by atoms with E-state index in [2.05, 4.69) is 25.5 Å². The number of pyridine rings is 1. The van der Waals surface area contributed by atoms with Crippen molar-refractivity contribution in [1.29, 1.82) is 0 Å². The number of unbranched alkanes of at least 4 members (excludes halogenated alkanes) is 2. The maximum atomic E-state index is 14.9. The minimum Gasteiger partial charge on any atom is -0.442 e. The number of halogens is 2. The monoisotopic (exact) mass is 862 g/mol. The molecule has 0 saturated heterocycles. The first-order chi connectivity index (χ1) is 29.3. The van der Waals surface area contributed by atoms with E-state index in [0.29, 0.717) is 76.6 Å². The van der Waals surface area contributed by atoms with Crippen molar-refractivity contribution in [2.24, 2.45) is 5.73 Å². The Kier molecular flexibility index (Phi) is 20.4. The Bertz CT molecular complexity index is 1870. The van der Waals surface area contributed by atoms with Crippen molar-refractivity contribution in [2.75, 3.05) is 84.5 Å². The lowest BCUT2D eigenvalue weighted by molar-refractivity contribution is -0.149. The Balaban J connectivity index is 0.973. The molecule has 0 spiro atoms. The second-order valence-electron chi connectivity index (χ2n) is 13.8. The Morgan fingerprint density at radius 2 is 1.53 bits per heavy atom. The molecule has 0 atom stereocenters. The van der Waals surface area contributed by atoms with Crippen LogP contribution in [0.25, 0.3) is 22.0 Å². The van der Waals surface area contributed by atoms with E-state index in [0.717, 1.165) is 63.7 Å². The number of anilines is 1. The van der Waals surface area contributed by atoms with Gasteiger partial charge in [0.15, 0.2) is 12.5 Å². The minimum atomic E-state index is -0.874. The Morgan fingerprint density at radius 3 is 2.23 bits per heavy atom. The van der Waals surface area contributed by atoms with Crippen molar-refractivity contribution in [3.05, 3.63) is 53.6 Å². The number of nitrogens with two attached hydrogens (primary N) is 1. The van der Waals surface area contributed by atoms with Gasteiger partial charge in [-0.2, -0.15) is 14.6 Å². The number of nitrogens with one attached hydrogen (secondary N) is 1. The van der Waals surface area contributed by atoms with Crippen molar-refractivity contribution < 1.29 is 51.5 Å². The first kappa shape index (κ1) is 46.8. The van der Waals surface area contributed by atoms with Gasteiger partial charge in [-0.3, -0.25) is 14.3 Å². The van der Waals surface area contributed by atoms with Crippen LogP contribution >= 0.6 is 11.3 Å². The SMILES string of the molecule is CCOC1CCC(n2cc(NC(=O)c3csc(-c4cnn(COC(=O)CCOCCOCCOCCOCCCCCOCCN)c4)n3)c(-c3nc(F)ccc3F)n2)CC1. The first-order valence-corrected chi connectivity index (χ1v) is 21.3. The molecule has 4 aromatic heterocycles. The van der Waals surface area contributed by atoms with Gasteiger partial charge < -0.3 is 44.2 Å². The van der Waals surface area contributed by atoms with Crippen LogP contribution in [0.4, 0.5) is 14.5 Å². The third-order valence-electron chi connectivity index (χ3n) is 9.32. The third kappa shape index (κ3) is 15.6. The summed E-state index contributed by atoms with van der Waals surface area (Å²) < 4.78 is 70.6. The molecule has 3 N–H and O–H groups in total. The fourth-order valence-electron chi connectivity index (χ4n) is 6.28. The highest BCUT2D eigenvalue weighted by Crippen LogP contribution is 2.35. The van der Waals surface area contributed by atoms with Gasteiger partial charge in [0.2, 0.25) is 5.95 Å². The molecule has 0 aliphatic heterocycles. The second kappa shape index (κ2) is 26.1. The molecular formula is C40H56F2N8O9S. The number of esters is 1. The zero-order valence-electron chi connectivity index (χ0n) is 34.1. The number of amides is 1. The molecule has 4 heterocycles. The number of hydrogen-bond acceptors (Lipinski definition) is 15. The van der Waals surface area contributed by atoms with Crippen LogP contribution in [-0.4, -0.2) is 127 Å². The fourth-order valence-corrected chi connectivity index (χ4v) is 7.06. The zero-order valence-corrected chi connectivity index (χ0v) is 34.9. The van der Waals surface area contributed by atoms with Gasteiger partial charge in [0.25, 0.3) is 5.91 Å². The van der Waals surface area contributed by atoms with Crippen LogP contribution in [0, 0.1) is 11.8 Å². The molecule has 20 heteroatoms. The molecule has 1 saturated carbocycles. The first-order valence-electron chi connectivity index (χ1n) is 20.4. The summed E-state index contributed by atoms with van der Waals surface area (Å²) in [4.78, 5) is 33.9. The van der Waals surface area contributed by atoms with Crippen LogP contribution in [0.3, 0.4) is 0 Å². The smallest absolute Gasteiger partial charge is 0.309 e. The van der Waals surface area contributed by atoms with E-state index in [9.17, 15) is 18.4 Å². The highest BCUT2D eigenvalue weighted by atomic mass is 32.1. The molecule has 1 aliphatic rings. The van der Waals surface area contributed by atoms with Crippen LogP contribution in [0.1, 0.15) is 74.8 Å². The summed E-state index contributed by atoms with van der Waals surface area (Å²) in [5.41, 5.74) is 5.96. The highest BCUT2D eigenvalue weighted by molar-refractivity contribution is 7.13. The summed E-state index contributed by atoms with van der Waals surface area (Å²) in [5, 5.41) is 13.7.